The summed E-state index contributed by atoms with van der Waals surface area (Å²) in [6, 6.07) is 17.2. The van der Waals surface area contributed by atoms with E-state index in [0.717, 1.165) is 16.3 Å². The lowest BCUT2D eigenvalue weighted by atomic mass is 10.1. The Labute approximate surface area is 146 Å². The summed E-state index contributed by atoms with van der Waals surface area (Å²) in [7, 11) is 0. The number of para-hydroxylation sites is 1. The Morgan fingerprint density at radius 3 is 2.62 bits per heavy atom. The van der Waals surface area contributed by atoms with E-state index in [1.165, 1.54) is 0 Å². The maximum Gasteiger partial charge on any atom is 0.204 e. The molecule has 2 aromatic carbocycles. The minimum Gasteiger partial charge on any atom is -0.492 e. The molecular weight excluding hydrogens is 324 g/mol. The summed E-state index contributed by atoms with van der Waals surface area (Å²) >= 11 is 6.11. The van der Waals surface area contributed by atoms with E-state index in [4.69, 9.17) is 21.6 Å². The van der Waals surface area contributed by atoms with Crippen molar-refractivity contribution in [2.24, 2.45) is 4.99 Å². The molecule has 0 fully saturated rings. The number of hydrogen-bond acceptors (Lipinski definition) is 3. The van der Waals surface area contributed by atoms with Gasteiger partial charge in [-0.25, -0.2) is 0 Å². The van der Waals surface area contributed by atoms with Gasteiger partial charge in [-0.3, -0.25) is 10.3 Å². The van der Waals surface area contributed by atoms with E-state index in [2.05, 4.69) is 15.6 Å². The number of benzene rings is 2. The minimum atomic E-state index is 0.432. The first-order valence-electron chi connectivity index (χ1n) is 7.64. The molecule has 24 heavy (non-hydrogen) atoms. The summed E-state index contributed by atoms with van der Waals surface area (Å²) in [4.78, 5) is 4.35. The highest BCUT2D eigenvalue weighted by Crippen LogP contribution is 2.15. The normalized spacial score (nSPS) is 10.8. The van der Waals surface area contributed by atoms with Gasteiger partial charge in [0.2, 0.25) is 5.96 Å². The van der Waals surface area contributed by atoms with E-state index in [1.807, 2.05) is 60.8 Å². The average Bonchev–Trinajstić information content (AvgIpc) is 2.61. The third kappa shape index (κ3) is 6.19. The van der Waals surface area contributed by atoms with Gasteiger partial charge in [0.15, 0.2) is 6.19 Å². The van der Waals surface area contributed by atoms with Gasteiger partial charge in [0, 0.05) is 11.6 Å². The van der Waals surface area contributed by atoms with Crippen molar-refractivity contribution in [2.45, 2.75) is 6.42 Å². The largest absolute Gasteiger partial charge is 0.492 e. The van der Waals surface area contributed by atoms with Crippen LogP contribution in [0.1, 0.15) is 5.56 Å². The first kappa shape index (κ1) is 17.6. The predicted octanol–water partition coefficient (Wildman–Crippen LogP) is 2.98. The van der Waals surface area contributed by atoms with Gasteiger partial charge in [0.25, 0.3) is 0 Å². The van der Waals surface area contributed by atoms with Crippen LogP contribution in [0.4, 0.5) is 0 Å². The summed E-state index contributed by atoms with van der Waals surface area (Å²) < 4.78 is 5.58. The molecule has 0 aromatic heterocycles. The van der Waals surface area contributed by atoms with E-state index in [1.54, 1.807) is 0 Å². The van der Waals surface area contributed by atoms with Crippen molar-refractivity contribution in [3.63, 3.8) is 0 Å². The van der Waals surface area contributed by atoms with Gasteiger partial charge >= 0.3 is 0 Å². The standard InChI is InChI=1S/C18H19ClN4O/c19-17-9-5-4-6-15(17)10-11-21-18(23-14-20)22-12-13-24-16-7-2-1-3-8-16/h1-9H,10-13H2,(H2,21,22,23). The fourth-order valence-corrected chi connectivity index (χ4v) is 2.27. The lowest BCUT2D eigenvalue weighted by Gasteiger charge is -2.09. The van der Waals surface area contributed by atoms with Crippen molar-refractivity contribution in [2.75, 3.05) is 19.7 Å². The molecule has 124 valence electrons. The minimum absolute atomic E-state index is 0.432. The van der Waals surface area contributed by atoms with Crippen molar-refractivity contribution >= 4 is 17.6 Å². The number of nitriles is 1. The summed E-state index contributed by atoms with van der Waals surface area (Å²) in [6.45, 7) is 1.54. The summed E-state index contributed by atoms with van der Waals surface area (Å²) in [5.41, 5.74) is 1.03. The van der Waals surface area contributed by atoms with Crippen molar-refractivity contribution < 1.29 is 4.74 Å². The van der Waals surface area contributed by atoms with Crippen molar-refractivity contribution in [1.29, 1.82) is 5.26 Å². The number of aliphatic imine (C=N–C) groups is 1. The van der Waals surface area contributed by atoms with E-state index in [0.29, 0.717) is 32.1 Å². The lowest BCUT2D eigenvalue weighted by molar-refractivity contribution is 0.322. The van der Waals surface area contributed by atoms with Crippen LogP contribution in [0.5, 0.6) is 5.75 Å². The fourth-order valence-electron chi connectivity index (χ4n) is 2.04. The predicted molar refractivity (Wildman–Crippen MR) is 96.1 cm³/mol. The van der Waals surface area contributed by atoms with Crippen LogP contribution in [-0.2, 0) is 6.42 Å². The molecule has 0 saturated carbocycles. The Balaban J connectivity index is 1.76. The van der Waals surface area contributed by atoms with Gasteiger partial charge < -0.3 is 10.1 Å². The summed E-state index contributed by atoms with van der Waals surface area (Å²) in [5.74, 6) is 1.24. The van der Waals surface area contributed by atoms with Gasteiger partial charge in [0.05, 0.1) is 6.54 Å². The molecule has 2 rings (SSSR count). The Morgan fingerprint density at radius 2 is 1.88 bits per heavy atom. The van der Waals surface area contributed by atoms with Gasteiger partial charge in [-0.15, -0.1) is 0 Å². The van der Waals surface area contributed by atoms with E-state index in [9.17, 15) is 0 Å². The molecule has 0 unspecified atom stereocenters. The molecule has 2 N–H and O–H groups in total. The third-order valence-corrected chi connectivity index (χ3v) is 3.56. The molecule has 0 bridgehead atoms. The number of nitrogens with one attached hydrogen (secondary N) is 2. The molecule has 0 radical (unpaired) electrons. The van der Waals surface area contributed by atoms with Crippen molar-refractivity contribution in [3.05, 3.63) is 65.2 Å². The van der Waals surface area contributed by atoms with Gasteiger partial charge in [-0.2, -0.15) is 5.26 Å². The van der Waals surface area contributed by atoms with Gasteiger partial charge in [-0.05, 0) is 30.2 Å². The van der Waals surface area contributed by atoms with Gasteiger partial charge in [-0.1, -0.05) is 48.0 Å². The van der Waals surface area contributed by atoms with Crippen molar-refractivity contribution in [3.8, 4) is 11.9 Å². The maximum absolute atomic E-state index is 8.80. The second-order valence-electron chi connectivity index (χ2n) is 4.90. The van der Waals surface area contributed by atoms with Crippen LogP contribution in [0.25, 0.3) is 0 Å². The first-order valence-corrected chi connectivity index (χ1v) is 8.02. The molecule has 0 spiro atoms. The zero-order chi connectivity index (χ0) is 17.0. The van der Waals surface area contributed by atoms with Crippen LogP contribution in [0.3, 0.4) is 0 Å². The average molecular weight is 343 g/mol. The number of rotatable bonds is 7. The molecule has 0 aliphatic carbocycles. The van der Waals surface area contributed by atoms with E-state index in [-0.39, 0.29) is 0 Å². The van der Waals surface area contributed by atoms with Crippen molar-refractivity contribution in [1.82, 2.24) is 10.6 Å². The second kappa shape index (κ2) is 10.1. The Morgan fingerprint density at radius 1 is 1.12 bits per heavy atom. The quantitative estimate of drug-likeness (QED) is 0.267. The first-order chi connectivity index (χ1) is 11.8. The molecule has 5 nitrogen and oxygen atoms in total. The van der Waals surface area contributed by atoms with Gasteiger partial charge in [0.1, 0.15) is 12.4 Å². The van der Waals surface area contributed by atoms with Crippen LogP contribution in [-0.4, -0.2) is 25.7 Å². The van der Waals surface area contributed by atoms with Crippen LogP contribution in [0, 0.1) is 11.5 Å². The summed E-state index contributed by atoms with van der Waals surface area (Å²) in [6.07, 6.45) is 2.58. The maximum atomic E-state index is 8.80. The zero-order valence-corrected chi connectivity index (χ0v) is 14.0. The van der Waals surface area contributed by atoms with Crippen LogP contribution in [0.2, 0.25) is 5.02 Å². The van der Waals surface area contributed by atoms with E-state index >= 15 is 0 Å². The highest BCUT2D eigenvalue weighted by atomic mass is 35.5. The van der Waals surface area contributed by atoms with E-state index < -0.39 is 0 Å². The number of ether oxygens (including phenoxy) is 1. The van der Waals surface area contributed by atoms with Crippen LogP contribution < -0.4 is 15.4 Å². The fraction of sp³-hybridized carbons (Fsp3) is 0.222. The zero-order valence-electron chi connectivity index (χ0n) is 13.2. The third-order valence-electron chi connectivity index (χ3n) is 3.19. The number of nitrogens with zero attached hydrogens (tertiary/aromatic N) is 2. The van der Waals surface area contributed by atoms with Crippen LogP contribution >= 0.6 is 11.6 Å². The lowest BCUT2D eigenvalue weighted by Crippen LogP contribution is -2.37. The highest BCUT2D eigenvalue weighted by molar-refractivity contribution is 6.31. The SMILES string of the molecule is N#CNC(=NCCc1ccccc1Cl)NCCOc1ccccc1. The number of halogens is 1. The molecular formula is C18H19ClN4O. The molecule has 0 amide bonds. The molecule has 0 atom stereocenters. The summed E-state index contributed by atoms with van der Waals surface area (Å²) in [5, 5.41) is 15.1. The topological polar surface area (TPSA) is 69.4 Å². The second-order valence-corrected chi connectivity index (χ2v) is 5.30. The molecule has 0 saturated heterocycles. The Bertz CT molecular complexity index is 698. The molecule has 2 aromatic rings. The molecule has 0 aliphatic rings. The van der Waals surface area contributed by atoms with Crippen LogP contribution in [0.15, 0.2) is 59.6 Å². The Hall–Kier alpha value is -2.71. The molecule has 0 heterocycles. The number of hydrogen-bond donors (Lipinski definition) is 2. The monoisotopic (exact) mass is 342 g/mol. The Kier molecular flexibility index (Phi) is 7.45. The number of guanidine groups is 1. The highest BCUT2D eigenvalue weighted by Gasteiger charge is 2.00. The molecule has 6 heteroatoms. The molecule has 0 aliphatic heterocycles. The smallest absolute Gasteiger partial charge is 0.204 e.